The van der Waals surface area contributed by atoms with Crippen LogP contribution in [0.15, 0.2) is 11.8 Å². The monoisotopic (exact) mass is 183 g/mol. The third kappa shape index (κ3) is 3.03. The van der Waals surface area contributed by atoms with Crippen LogP contribution in [-0.2, 0) is 4.74 Å². The van der Waals surface area contributed by atoms with Crippen LogP contribution in [-0.4, -0.2) is 31.2 Å². The molecule has 0 radical (unpaired) electrons. The van der Waals surface area contributed by atoms with Crippen molar-refractivity contribution < 1.29 is 4.74 Å². The van der Waals surface area contributed by atoms with E-state index in [1.54, 1.807) is 0 Å². The molecule has 0 amide bonds. The van der Waals surface area contributed by atoms with Crippen LogP contribution in [0.5, 0.6) is 0 Å². The SMILES string of the molecule is CC=C(C)N(CC)CC1CCOC1. The van der Waals surface area contributed by atoms with Crippen LogP contribution in [0, 0.1) is 5.92 Å². The zero-order valence-electron chi connectivity index (χ0n) is 9.05. The minimum atomic E-state index is 0.745. The molecule has 2 nitrogen and oxygen atoms in total. The van der Waals surface area contributed by atoms with Gasteiger partial charge in [-0.05, 0) is 27.2 Å². The maximum atomic E-state index is 5.37. The second kappa shape index (κ2) is 5.28. The summed E-state index contributed by atoms with van der Waals surface area (Å²) in [6.07, 6.45) is 3.41. The van der Waals surface area contributed by atoms with Gasteiger partial charge in [0.1, 0.15) is 0 Å². The average Bonchev–Trinajstić information content (AvgIpc) is 2.65. The maximum absolute atomic E-state index is 5.37. The summed E-state index contributed by atoms with van der Waals surface area (Å²) < 4.78 is 5.37. The predicted molar refractivity (Wildman–Crippen MR) is 55.6 cm³/mol. The molecule has 1 saturated heterocycles. The standard InChI is InChI=1S/C11H21NO/c1-4-10(3)12(5-2)8-11-6-7-13-9-11/h4,11H,5-9H2,1-3H3. The van der Waals surface area contributed by atoms with Crippen LogP contribution in [0.1, 0.15) is 27.2 Å². The first-order chi connectivity index (χ1) is 6.27. The lowest BCUT2D eigenvalue weighted by atomic mass is 10.1. The minimum absolute atomic E-state index is 0.745. The number of allylic oxidation sites excluding steroid dienone is 2. The van der Waals surface area contributed by atoms with Crippen molar-refractivity contribution in [2.45, 2.75) is 27.2 Å². The number of hydrogen-bond donors (Lipinski definition) is 0. The second-order valence-electron chi connectivity index (χ2n) is 3.70. The van der Waals surface area contributed by atoms with Gasteiger partial charge < -0.3 is 9.64 Å². The fourth-order valence-corrected chi connectivity index (χ4v) is 1.74. The minimum Gasteiger partial charge on any atom is -0.381 e. The Morgan fingerprint density at radius 2 is 2.38 bits per heavy atom. The molecule has 1 aliphatic heterocycles. The largest absolute Gasteiger partial charge is 0.381 e. The van der Waals surface area contributed by atoms with E-state index in [4.69, 9.17) is 4.74 Å². The molecule has 1 atom stereocenters. The van der Waals surface area contributed by atoms with Crippen molar-refractivity contribution in [1.29, 1.82) is 0 Å². The van der Waals surface area contributed by atoms with Crippen molar-refractivity contribution >= 4 is 0 Å². The maximum Gasteiger partial charge on any atom is 0.0512 e. The molecule has 1 heterocycles. The van der Waals surface area contributed by atoms with Crippen LogP contribution in [0.4, 0.5) is 0 Å². The van der Waals surface area contributed by atoms with Gasteiger partial charge in [-0.15, -0.1) is 0 Å². The van der Waals surface area contributed by atoms with Crippen LogP contribution in [0.2, 0.25) is 0 Å². The van der Waals surface area contributed by atoms with Gasteiger partial charge in [-0.3, -0.25) is 0 Å². The van der Waals surface area contributed by atoms with E-state index in [1.807, 2.05) is 0 Å². The number of ether oxygens (including phenoxy) is 1. The third-order valence-corrected chi connectivity index (χ3v) is 2.80. The highest BCUT2D eigenvalue weighted by molar-refractivity contribution is 4.95. The molecular formula is C11H21NO. The zero-order chi connectivity index (χ0) is 9.68. The molecule has 0 N–H and O–H groups in total. The lowest BCUT2D eigenvalue weighted by Crippen LogP contribution is -2.28. The summed E-state index contributed by atoms with van der Waals surface area (Å²) in [5.41, 5.74) is 1.38. The predicted octanol–water partition coefficient (Wildman–Crippen LogP) is 2.27. The van der Waals surface area contributed by atoms with E-state index in [0.29, 0.717) is 0 Å². The van der Waals surface area contributed by atoms with Crippen LogP contribution >= 0.6 is 0 Å². The van der Waals surface area contributed by atoms with Gasteiger partial charge in [-0.25, -0.2) is 0 Å². The lowest BCUT2D eigenvalue weighted by molar-refractivity contribution is 0.176. The molecule has 1 rings (SSSR count). The summed E-state index contributed by atoms with van der Waals surface area (Å²) in [5.74, 6) is 0.745. The molecule has 76 valence electrons. The Kier molecular flexibility index (Phi) is 4.29. The van der Waals surface area contributed by atoms with Crippen LogP contribution in [0.25, 0.3) is 0 Å². The van der Waals surface area contributed by atoms with Crippen molar-refractivity contribution in [3.8, 4) is 0 Å². The topological polar surface area (TPSA) is 12.5 Å². The fourth-order valence-electron chi connectivity index (χ4n) is 1.74. The molecule has 1 unspecified atom stereocenters. The van der Waals surface area contributed by atoms with Gasteiger partial charge in [-0.1, -0.05) is 6.08 Å². The van der Waals surface area contributed by atoms with E-state index < -0.39 is 0 Å². The molecule has 13 heavy (non-hydrogen) atoms. The van der Waals surface area contributed by atoms with Crippen molar-refractivity contribution in [1.82, 2.24) is 4.90 Å². The average molecular weight is 183 g/mol. The Bertz CT molecular complexity index is 171. The first-order valence-electron chi connectivity index (χ1n) is 5.23. The van der Waals surface area contributed by atoms with Crippen molar-refractivity contribution in [3.63, 3.8) is 0 Å². The molecule has 1 aliphatic rings. The van der Waals surface area contributed by atoms with E-state index >= 15 is 0 Å². The Balaban J connectivity index is 2.38. The fraction of sp³-hybridized carbons (Fsp3) is 0.818. The number of rotatable bonds is 4. The van der Waals surface area contributed by atoms with Crippen molar-refractivity contribution in [2.24, 2.45) is 5.92 Å². The van der Waals surface area contributed by atoms with E-state index in [0.717, 1.165) is 32.2 Å². The quantitative estimate of drug-likeness (QED) is 0.663. The van der Waals surface area contributed by atoms with E-state index in [1.165, 1.54) is 12.1 Å². The third-order valence-electron chi connectivity index (χ3n) is 2.80. The molecule has 2 heteroatoms. The Hall–Kier alpha value is -0.500. The smallest absolute Gasteiger partial charge is 0.0512 e. The summed E-state index contributed by atoms with van der Waals surface area (Å²) in [6.45, 7) is 10.7. The zero-order valence-corrected chi connectivity index (χ0v) is 9.05. The van der Waals surface area contributed by atoms with Crippen LogP contribution < -0.4 is 0 Å². The van der Waals surface area contributed by atoms with Crippen LogP contribution in [0.3, 0.4) is 0 Å². The molecule has 0 aromatic carbocycles. The van der Waals surface area contributed by atoms with E-state index in [-0.39, 0.29) is 0 Å². The van der Waals surface area contributed by atoms with Crippen molar-refractivity contribution in [3.05, 3.63) is 11.8 Å². The lowest BCUT2D eigenvalue weighted by Gasteiger charge is -2.26. The van der Waals surface area contributed by atoms with E-state index in [2.05, 4.69) is 31.7 Å². The Morgan fingerprint density at radius 3 is 2.85 bits per heavy atom. The molecule has 0 aromatic heterocycles. The van der Waals surface area contributed by atoms with Gasteiger partial charge in [-0.2, -0.15) is 0 Å². The summed E-state index contributed by atoms with van der Waals surface area (Å²) >= 11 is 0. The van der Waals surface area contributed by atoms with Gasteiger partial charge in [0.2, 0.25) is 0 Å². The highest BCUT2D eigenvalue weighted by Gasteiger charge is 2.18. The van der Waals surface area contributed by atoms with Gasteiger partial charge >= 0.3 is 0 Å². The van der Waals surface area contributed by atoms with Gasteiger partial charge in [0, 0.05) is 31.3 Å². The highest BCUT2D eigenvalue weighted by Crippen LogP contribution is 2.16. The number of hydrogen-bond acceptors (Lipinski definition) is 2. The van der Waals surface area contributed by atoms with Gasteiger partial charge in [0.15, 0.2) is 0 Å². The number of nitrogens with zero attached hydrogens (tertiary/aromatic N) is 1. The summed E-state index contributed by atoms with van der Waals surface area (Å²) in [6, 6.07) is 0. The normalized spacial score (nSPS) is 23.6. The Labute approximate surface area is 81.6 Å². The molecular weight excluding hydrogens is 162 g/mol. The second-order valence-corrected chi connectivity index (χ2v) is 3.70. The summed E-state index contributed by atoms with van der Waals surface area (Å²) in [4.78, 5) is 2.43. The molecule has 0 bridgehead atoms. The van der Waals surface area contributed by atoms with Gasteiger partial charge in [0.25, 0.3) is 0 Å². The van der Waals surface area contributed by atoms with E-state index in [9.17, 15) is 0 Å². The molecule has 0 aromatic rings. The van der Waals surface area contributed by atoms with Crippen molar-refractivity contribution in [2.75, 3.05) is 26.3 Å². The molecule has 0 saturated carbocycles. The molecule has 0 aliphatic carbocycles. The highest BCUT2D eigenvalue weighted by atomic mass is 16.5. The molecule has 0 spiro atoms. The first-order valence-corrected chi connectivity index (χ1v) is 5.23. The van der Waals surface area contributed by atoms with Gasteiger partial charge in [0.05, 0.1) is 6.61 Å². The summed E-state index contributed by atoms with van der Waals surface area (Å²) in [5, 5.41) is 0. The molecule has 1 fully saturated rings. The first kappa shape index (κ1) is 10.6. The Morgan fingerprint density at radius 1 is 1.62 bits per heavy atom. The summed E-state index contributed by atoms with van der Waals surface area (Å²) in [7, 11) is 0.